The maximum absolute atomic E-state index is 14.5. The predicted octanol–water partition coefficient (Wildman–Crippen LogP) is 14.4. The Hall–Kier alpha value is -16.4. The molecule has 16 rings (SSSR count). The Balaban J connectivity index is 0.000000171. The van der Waals surface area contributed by atoms with Crippen molar-refractivity contribution in [2.75, 3.05) is 13.2 Å². The van der Waals surface area contributed by atoms with E-state index in [1.807, 2.05) is 182 Å². The van der Waals surface area contributed by atoms with E-state index in [-0.39, 0.29) is 47.5 Å². The van der Waals surface area contributed by atoms with Gasteiger partial charge in [-0.05, 0) is 124 Å². The van der Waals surface area contributed by atoms with Crippen LogP contribution in [0.5, 0.6) is 0 Å². The molecule has 6 atom stereocenters. The third-order valence-electron chi connectivity index (χ3n) is 23.0. The lowest BCUT2D eigenvalue weighted by Crippen LogP contribution is -2.60. The van der Waals surface area contributed by atoms with Crippen molar-refractivity contribution in [3.8, 4) is 0 Å². The van der Waals surface area contributed by atoms with Gasteiger partial charge in [-0.1, -0.05) is 303 Å². The number of carbonyl (C=O) groups excluding carboxylic acids is 8. The number of carbonyl (C=O) groups is 8. The van der Waals surface area contributed by atoms with Crippen LogP contribution in [0, 0.1) is 5.41 Å². The lowest BCUT2D eigenvalue weighted by atomic mass is 9.93. The summed E-state index contributed by atoms with van der Waals surface area (Å²) in [5.74, 6) is -3.94. The fraction of sp³-hybridized carbons (Fsp3) is 0.175. The minimum atomic E-state index is -4.52. The molecule has 0 bridgehead atoms. The van der Waals surface area contributed by atoms with Crippen LogP contribution in [0.3, 0.4) is 0 Å². The molecule has 4 saturated heterocycles. The quantitative estimate of drug-likeness (QED) is 0.00444. The number of guanidine groups is 1. The van der Waals surface area contributed by atoms with Crippen molar-refractivity contribution < 1.29 is 98.5 Å². The van der Waals surface area contributed by atoms with Gasteiger partial charge in [0.2, 0.25) is 12.4 Å². The van der Waals surface area contributed by atoms with Crippen molar-refractivity contribution in [1.82, 2.24) is 24.7 Å². The van der Waals surface area contributed by atoms with Gasteiger partial charge in [-0.3, -0.25) is 29.9 Å². The van der Waals surface area contributed by atoms with Gasteiger partial charge in [0.05, 0.1) is 35.7 Å². The summed E-state index contributed by atoms with van der Waals surface area (Å²) < 4.78 is 86.2. The molecular weight excluding hydrogens is 1790 g/mol. The number of primary amides is 2. The van der Waals surface area contributed by atoms with E-state index in [2.05, 4.69) is 20.0 Å². The van der Waals surface area contributed by atoms with Crippen LogP contribution >= 0.6 is 0 Å². The number of benzene rings is 10. The Morgan fingerprint density at radius 2 is 0.737 bits per heavy atom. The summed E-state index contributed by atoms with van der Waals surface area (Å²) in [5, 5.41) is 14.7. The topological polar surface area (TPSA) is 461 Å². The number of esters is 2. The molecule has 4 aliphatic rings. The van der Waals surface area contributed by atoms with E-state index in [9.17, 15) is 60.3 Å². The molecule has 6 heterocycles. The van der Waals surface area contributed by atoms with Crippen LogP contribution in [0.4, 0.5) is 19.2 Å². The van der Waals surface area contributed by atoms with Crippen molar-refractivity contribution in [3.05, 3.63) is 429 Å². The van der Waals surface area contributed by atoms with E-state index in [4.69, 9.17) is 60.8 Å². The highest BCUT2D eigenvalue weighted by Gasteiger charge is 2.74. The number of aliphatic hydroxyl groups is 1. The van der Waals surface area contributed by atoms with Gasteiger partial charge in [0, 0.05) is 12.4 Å². The molecule has 32 nitrogen and oxygen atoms in total. The Bertz CT molecular complexity index is 6520. The second-order valence-electron chi connectivity index (χ2n) is 32.1. The Labute approximate surface area is 788 Å². The number of ether oxygens (including phenoxy) is 6. The highest BCUT2D eigenvalue weighted by molar-refractivity contribution is 7.94. The van der Waals surface area contributed by atoms with Crippen molar-refractivity contribution in [2.45, 2.75) is 96.8 Å². The lowest BCUT2D eigenvalue weighted by Gasteiger charge is -2.39. The minimum absolute atomic E-state index is 0.101. The zero-order valence-corrected chi connectivity index (χ0v) is 75.5. The smallest absolute Gasteiger partial charge is 0.437 e. The van der Waals surface area contributed by atoms with Crippen LogP contribution in [0.15, 0.2) is 361 Å². The van der Waals surface area contributed by atoms with Gasteiger partial charge in [0.1, 0.15) is 28.5 Å². The third kappa shape index (κ3) is 21.9. The number of nitrogens with two attached hydrogens (primary N) is 3. The normalized spacial score (nSPS) is 18.7. The fourth-order valence-electron chi connectivity index (χ4n) is 16.2. The molecule has 698 valence electrons. The number of hydrogen-bond donors (Lipinski definition) is 5. The molecule has 137 heavy (non-hydrogen) atoms. The summed E-state index contributed by atoms with van der Waals surface area (Å²) in [6.45, 7) is 1.87. The molecule has 0 spiro atoms. The first-order chi connectivity index (χ1) is 66.1. The Kier molecular flexibility index (Phi) is 30.7. The van der Waals surface area contributed by atoms with Gasteiger partial charge in [0.25, 0.3) is 11.8 Å². The molecule has 34 heteroatoms. The SMILES string of the molecule is CC(=N)N(Cc1ccnc(/C=C2/C(=O)N3[C@@H](C(=O)OC(c4ccccc4)c4ccccc4)[C@](C)(COC(N)=O)S(=O)(=O)[C@H]23)c1)C(=O)OC(c1ccccc1)c1ccccc1.C[C@]1(COC(N)=O)[C@H](C(=O)OC(c2ccccc2)c2ccccc2)N2C(=O)/C(=C/c3cc(CO)ccn3)[C@H]2S1(=O)=O.NC(N=COOC(c1ccccc1)c1ccccc1)=NC(=O)OC(c1ccccc1)c1ccccc1. The fourth-order valence-corrected chi connectivity index (χ4v) is 20.7. The van der Waals surface area contributed by atoms with Crippen molar-refractivity contribution >= 4 is 98.1 Å². The zero-order valence-electron chi connectivity index (χ0n) is 73.9. The number of aliphatic imine (C=N–C) groups is 2. The molecule has 2 aromatic heterocycles. The van der Waals surface area contributed by atoms with Gasteiger partial charge in [0.15, 0.2) is 73.0 Å². The van der Waals surface area contributed by atoms with Crippen LogP contribution in [-0.2, 0) is 90.2 Å². The molecule has 6 amide bonds. The first kappa shape index (κ1) is 96.6. The van der Waals surface area contributed by atoms with Gasteiger partial charge in [-0.15, -0.1) is 4.99 Å². The van der Waals surface area contributed by atoms with Crippen LogP contribution < -0.4 is 17.2 Å². The van der Waals surface area contributed by atoms with Crippen LogP contribution in [0.1, 0.15) is 129 Å². The van der Waals surface area contributed by atoms with E-state index in [1.54, 1.807) is 140 Å². The number of rotatable bonds is 28. The average Bonchev–Trinajstić information content (AvgIpc) is 1.52. The first-order valence-corrected chi connectivity index (χ1v) is 45.9. The number of β-lactam (4-membered cyclic amide) rings is 2. The molecule has 4 aliphatic heterocycles. The molecule has 8 N–H and O–H groups in total. The van der Waals surface area contributed by atoms with Crippen LogP contribution in [0.2, 0.25) is 0 Å². The third-order valence-corrected chi connectivity index (χ3v) is 28.4. The van der Waals surface area contributed by atoms with E-state index >= 15 is 0 Å². The van der Waals surface area contributed by atoms with Gasteiger partial charge in [-0.25, -0.2) is 45.6 Å². The number of pyridine rings is 2. The minimum Gasteiger partial charge on any atom is -0.451 e. The number of sulfone groups is 2. The summed E-state index contributed by atoms with van der Waals surface area (Å²) in [6.07, 6.45) is -1.51. The van der Waals surface area contributed by atoms with E-state index in [0.717, 1.165) is 54.5 Å². The maximum Gasteiger partial charge on any atom is 0.437 e. The molecule has 12 aromatic rings. The van der Waals surface area contributed by atoms with Crippen LogP contribution in [0.25, 0.3) is 12.2 Å². The molecule has 0 aliphatic carbocycles. The highest BCUT2D eigenvalue weighted by Crippen LogP contribution is 2.52. The van der Waals surface area contributed by atoms with Crippen molar-refractivity contribution in [2.24, 2.45) is 27.2 Å². The Morgan fingerprint density at radius 1 is 0.445 bits per heavy atom. The summed E-state index contributed by atoms with van der Waals surface area (Å²) in [4.78, 5) is 135. The molecule has 0 saturated carbocycles. The van der Waals surface area contributed by atoms with E-state index < -0.39 is 144 Å². The standard InChI is InChI=1S/C45H41N5O9S.C29H27N3O8S.C29H25N3O4/c1-29(46)49(44(54)59-38(33-19-11-5-12-20-33)34-21-13-6-14-22-34)27-30-23-24-48-35(25-30)26-36-40(51)50-39(45(2,28-57-43(47)53)60(55,56)41(36)50)42(52)58-37(31-15-7-3-8-16-31)32-17-9-4-10-18-32;1-29(17-39-28(30)36)24(27(35)40-23(19-8-4-2-5-9-19)20-10-6-3-7-11-20)32-25(34)22(26(32)41(29,37)38)15-21-14-18(16-33)12-13-31-21;30-28(31-21-34-36-27(24-17-9-3-10-18-24)25-19-11-4-12-20-25)32-29(33)35-26(22-13-5-1-6-14-22)23-15-7-2-8-16-23/h3-26,37-39,41,46H,27-28H2,1-2H3,(H2,47,53);2-15,23-24,26,33H,16-17H2,1H3,(H2,30,36);1-21,26-27H,(H2,30,32,33)/b36-26-,46-29?;22-15-;/t39-,41+,45-;24-,26+,29-;/m00./s1. The van der Waals surface area contributed by atoms with Crippen LogP contribution in [-0.4, -0.2) is 158 Å². The number of nitrogens with zero attached hydrogens (tertiary/aromatic N) is 7. The number of amidine groups is 1. The maximum atomic E-state index is 14.5. The number of nitrogens with one attached hydrogen (secondary N) is 1. The molecule has 10 aromatic carbocycles. The number of amides is 6. The first-order valence-electron chi connectivity index (χ1n) is 42.8. The molecule has 0 radical (unpaired) electrons. The summed E-state index contributed by atoms with van der Waals surface area (Å²) in [5.41, 5.74) is 24.7. The number of hydrogen-bond acceptors (Lipinski definition) is 24. The number of aromatic nitrogens is 2. The van der Waals surface area contributed by atoms with Crippen molar-refractivity contribution in [1.29, 1.82) is 5.41 Å². The Morgan fingerprint density at radius 3 is 1.04 bits per heavy atom. The lowest BCUT2D eigenvalue weighted by molar-refractivity contribution is -0.245. The van der Waals surface area contributed by atoms with Gasteiger partial charge < -0.3 is 65.4 Å². The summed E-state index contributed by atoms with van der Waals surface area (Å²) >= 11 is 0. The van der Waals surface area contributed by atoms with Gasteiger partial charge >= 0.3 is 36.3 Å². The van der Waals surface area contributed by atoms with E-state index in [0.29, 0.717) is 33.4 Å². The number of fused-ring (bicyclic) bond motifs is 2. The highest BCUT2D eigenvalue weighted by atomic mass is 32.2. The largest absolute Gasteiger partial charge is 0.451 e. The second-order valence-corrected chi connectivity index (χ2v) is 37.1. The average molecular weight is 1890 g/mol. The molecule has 4 fully saturated rings. The molecule has 0 unspecified atom stereocenters. The monoisotopic (exact) mass is 1880 g/mol. The molecular formula is C103H93N11O21S2. The van der Waals surface area contributed by atoms with Gasteiger partial charge in [-0.2, -0.15) is 9.88 Å². The van der Waals surface area contributed by atoms with Crippen molar-refractivity contribution in [3.63, 3.8) is 0 Å². The van der Waals surface area contributed by atoms with E-state index in [1.165, 1.54) is 51.4 Å². The number of aliphatic hydroxyl groups excluding tert-OH is 1. The zero-order chi connectivity index (χ0) is 97.0. The summed E-state index contributed by atoms with van der Waals surface area (Å²) in [6, 6.07) is 94.7. The predicted molar refractivity (Wildman–Crippen MR) is 505 cm³/mol. The summed E-state index contributed by atoms with van der Waals surface area (Å²) in [7, 11) is -8.89. The second kappa shape index (κ2) is 43.5.